The van der Waals surface area contributed by atoms with E-state index in [1.807, 2.05) is 0 Å². The van der Waals surface area contributed by atoms with Gasteiger partial charge < -0.3 is 10.0 Å². The summed E-state index contributed by atoms with van der Waals surface area (Å²) in [5.41, 5.74) is 2.36. The van der Waals surface area contributed by atoms with E-state index in [-0.39, 0.29) is 5.46 Å². The summed E-state index contributed by atoms with van der Waals surface area (Å²) in [5, 5.41) is 20.8. The Bertz CT molecular complexity index is 617. The van der Waals surface area contributed by atoms with Gasteiger partial charge in [-0.2, -0.15) is 0 Å². The fraction of sp³-hybridized carbons (Fsp3) is 0.286. The predicted molar refractivity (Wildman–Crippen MR) is 78.4 cm³/mol. The van der Waals surface area contributed by atoms with Gasteiger partial charge in [-0.15, -0.1) is 11.3 Å². The van der Waals surface area contributed by atoms with Crippen LogP contribution in [0, 0.1) is 5.82 Å². The molecule has 0 unspecified atom stereocenters. The van der Waals surface area contributed by atoms with Gasteiger partial charge in [0.2, 0.25) is 0 Å². The first-order valence-corrected chi connectivity index (χ1v) is 7.43. The lowest BCUT2D eigenvalue weighted by Gasteiger charge is -2.27. The summed E-state index contributed by atoms with van der Waals surface area (Å²) in [7, 11) is -1.64. The number of hydrogen-bond donors (Lipinski definition) is 2. The molecule has 0 amide bonds. The number of nitrogens with zero attached hydrogens (tertiary/aromatic N) is 1. The molecule has 1 aromatic heterocycles. The highest BCUT2D eigenvalue weighted by Crippen LogP contribution is 2.24. The zero-order valence-electron chi connectivity index (χ0n) is 10.9. The third-order valence-corrected chi connectivity index (χ3v) is 4.69. The largest absolute Gasteiger partial charge is 0.488 e. The van der Waals surface area contributed by atoms with E-state index < -0.39 is 12.9 Å². The topological polar surface area (TPSA) is 43.7 Å². The normalized spacial score (nSPS) is 15.2. The van der Waals surface area contributed by atoms with Crippen molar-refractivity contribution in [2.75, 3.05) is 6.54 Å². The van der Waals surface area contributed by atoms with Crippen molar-refractivity contribution in [2.45, 2.75) is 19.5 Å². The molecule has 0 aliphatic carbocycles. The monoisotopic (exact) mass is 291 g/mol. The van der Waals surface area contributed by atoms with Crippen molar-refractivity contribution in [2.24, 2.45) is 0 Å². The maximum absolute atomic E-state index is 13.2. The van der Waals surface area contributed by atoms with E-state index in [2.05, 4.69) is 16.3 Å². The Labute approximate surface area is 121 Å². The molecule has 0 fully saturated rings. The second-order valence-electron chi connectivity index (χ2n) is 5.05. The number of benzene rings is 1. The second kappa shape index (κ2) is 5.65. The SMILES string of the molecule is OB(O)c1cc(F)ccc1CN1CCc2sccc2C1. The molecule has 1 aromatic carbocycles. The summed E-state index contributed by atoms with van der Waals surface area (Å²) in [4.78, 5) is 3.68. The minimum absolute atomic E-state index is 0.251. The molecule has 2 aromatic rings. The van der Waals surface area contributed by atoms with Crippen LogP contribution < -0.4 is 5.46 Å². The lowest BCUT2D eigenvalue weighted by molar-refractivity contribution is 0.247. The molecule has 6 heteroatoms. The van der Waals surface area contributed by atoms with Crippen molar-refractivity contribution in [1.82, 2.24) is 4.90 Å². The molecular formula is C14H15BFNO2S. The van der Waals surface area contributed by atoms with Gasteiger partial charge in [-0.25, -0.2) is 4.39 Å². The third-order valence-electron chi connectivity index (χ3n) is 3.67. The molecule has 104 valence electrons. The highest BCUT2D eigenvalue weighted by molar-refractivity contribution is 7.10. The molecule has 0 spiro atoms. The first-order chi connectivity index (χ1) is 9.63. The maximum Gasteiger partial charge on any atom is 0.488 e. The van der Waals surface area contributed by atoms with E-state index in [1.54, 1.807) is 17.4 Å². The summed E-state index contributed by atoms with van der Waals surface area (Å²) in [5.74, 6) is -0.449. The zero-order chi connectivity index (χ0) is 14.1. The fourth-order valence-electron chi connectivity index (χ4n) is 2.63. The Morgan fingerprint density at radius 1 is 1.30 bits per heavy atom. The van der Waals surface area contributed by atoms with Crippen molar-refractivity contribution in [3.05, 3.63) is 51.5 Å². The van der Waals surface area contributed by atoms with E-state index >= 15 is 0 Å². The molecular weight excluding hydrogens is 276 g/mol. The Morgan fingerprint density at radius 2 is 2.15 bits per heavy atom. The average molecular weight is 291 g/mol. The van der Waals surface area contributed by atoms with Crippen LogP contribution in [-0.2, 0) is 19.5 Å². The zero-order valence-corrected chi connectivity index (χ0v) is 11.7. The van der Waals surface area contributed by atoms with Crippen LogP contribution in [0.3, 0.4) is 0 Å². The molecule has 3 rings (SSSR count). The van der Waals surface area contributed by atoms with Crippen molar-refractivity contribution in [3.8, 4) is 0 Å². The summed E-state index contributed by atoms with van der Waals surface area (Å²) in [6.45, 7) is 2.39. The number of rotatable bonds is 3. The van der Waals surface area contributed by atoms with Crippen LogP contribution in [0.4, 0.5) is 4.39 Å². The lowest BCUT2D eigenvalue weighted by atomic mass is 9.76. The molecule has 3 nitrogen and oxygen atoms in total. The number of thiophene rings is 1. The number of fused-ring (bicyclic) bond motifs is 1. The Morgan fingerprint density at radius 3 is 2.95 bits per heavy atom. The van der Waals surface area contributed by atoms with Gasteiger partial charge in [-0.05, 0) is 46.6 Å². The van der Waals surface area contributed by atoms with Gasteiger partial charge in [0.05, 0.1) is 0 Å². The van der Waals surface area contributed by atoms with Gasteiger partial charge >= 0.3 is 7.12 Å². The van der Waals surface area contributed by atoms with Gasteiger partial charge in [-0.3, -0.25) is 4.90 Å². The van der Waals surface area contributed by atoms with Gasteiger partial charge in [0.25, 0.3) is 0 Å². The Balaban J connectivity index is 1.79. The molecule has 0 radical (unpaired) electrons. The molecule has 2 N–H and O–H groups in total. The second-order valence-corrected chi connectivity index (χ2v) is 6.05. The van der Waals surface area contributed by atoms with E-state index in [9.17, 15) is 14.4 Å². The van der Waals surface area contributed by atoms with Gasteiger partial charge in [-0.1, -0.05) is 6.07 Å². The lowest BCUT2D eigenvalue weighted by Crippen LogP contribution is -2.37. The highest BCUT2D eigenvalue weighted by Gasteiger charge is 2.21. The molecule has 20 heavy (non-hydrogen) atoms. The first-order valence-electron chi connectivity index (χ1n) is 6.55. The van der Waals surface area contributed by atoms with E-state index in [0.29, 0.717) is 6.54 Å². The summed E-state index contributed by atoms with van der Waals surface area (Å²) in [6, 6.07) is 6.33. The molecule has 0 saturated heterocycles. The van der Waals surface area contributed by atoms with Crippen LogP contribution in [-0.4, -0.2) is 28.6 Å². The standard InChI is InChI=1S/C14H15BFNO2S/c16-12-2-1-10(13(7-12)15(18)19)8-17-5-3-14-11(9-17)4-6-20-14/h1-2,4,6-7,18-19H,3,5,8-9H2. The number of hydrogen-bond acceptors (Lipinski definition) is 4. The van der Waals surface area contributed by atoms with Crippen molar-refractivity contribution in [3.63, 3.8) is 0 Å². The van der Waals surface area contributed by atoms with Crippen LogP contribution in [0.15, 0.2) is 29.6 Å². The van der Waals surface area contributed by atoms with Crippen molar-refractivity contribution in [1.29, 1.82) is 0 Å². The Hall–Kier alpha value is -1.21. The van der Waals surface area contributed by atoms with Crippen molar-refractivity contribution >= 4 is 23.9 Å². The summed E-state index contributed by atoms with van der Waals surface area (Å²) >= 11 is 1.79. The van der Waals surface area contributed by atoms with E-state index in [4.69, 9.17) is 0 Å². The number of halogens is 1. The predicted octanol–water partition coefficient (Wildman–Crippen LogP) is 1.13. The molecule has 0 saturated carbocycles. The molecule has 1 aliphatic heterocycles. The van der Waals surface area contributed by atoms with Crippen molar-refractivity contribution < 1.29 is 14.4 Å². The minimum Gasteiger partial charge on any atom is -0.423 e. The van der Waals surface area contributed by atoms with E-state index in [1.165, 1.54) is 22.6 Å². The smallest absolute Gasteiger partial charge is 0.423 e. The van der Waals surface area contributed by atoms with Gasteiger partial charge in [0.1, 0.15) is 5.82 Å². The molecule has 0 bridgehead atoms. The molecule has 1 aliphatic rings. The van der Waals surface area contributed by atoms with Gasteiger partial charge in [0.15, 0.2) is 0 Å². The van der Waals surface area contributed by atoms with Crippen LogP contribution in [0.1, 0.15) is 16.0 Å². The molecule has 0 atom stereocenters. The van der Waals surface area contributed by atoms with Crippen LogP contribution >= 0.6 is 11.3 Å². The average Bonchev–Trinajstić information content (AvgIpc) is 2.88. The van der Waals surface area contributed by atoms with Crippen LogP contribution in [0.2, 0.25) is 0 Å². The van der Waals surface area contributed by atoms with Crippen LogP contribution in [0.25, 0.3) is 0 Å². The Kier molecular flexibility index (Phi) is 3.89. The maximum atomic E-state index is 13.2. The summed E-state index contributed by atoms with van der Waals surface area (Å²) in [6.07, 6.45) is 1.02. The fourth-order valence-corrected chi connectivity index (χ4v) is 3.52. The minimum atomic E-state index is -1.64. The molecule has 2 heterocycles. The van der Waals surface area contributed by atoms with E-state index in [0.717, 1.165) is 25.1 Å². The quantitative estimate of drug-likeness (QED) is 0.833. The summed E-state index contributed by atoms with van der Waals surface area (Å²) < 4.78 is 13.2. The first kappa shape index (κ1) is 13.8. The third kappa shape index (κ3) is 2.78. The van der Waals surface area contributed by atoms with Gasteiger partial charge in [0, 0.05) is 24.5 Å². The highest BCUT2D eigenvalue weighted by atomic mass is 32.1. The van der Waals surface area contributed by atoms with Crippen LogP contribution in [0.5, 0.6) is 0 Å².